The molecule has 4 aliphatic rings. The zero-order valence-electron chi connectivity index (χ0n) is 17.7. The highest BCUT2D eigenvalue weighted by Gasteiger charge is 2.60. The Kier molecular flexibility index (Phi) is 4.68. The van der Waals surface area contributed by atoms with E-state index in [1.54, 1.807) is 18.2 Å². The minimum absolute atomic E-state index is 0.0198. The van der Waals surface area contributed by atoms with Gasteiger partial charge in [0.15, 0.2) is 0 Å². The number of hydrogen-bond acceptors (Lipinski definition) is 4. The predicted octanol–water partition coefficient (Wildman–Crippen LogP) is 4.89. The van der Waals surface area contributed by atoms with Crippen LogP contribution in [-0.4, -0.2) is 17.0 Å². The van der Waals surface area contributed by atoms with Crippen LogP contribution in [0, 0.1) is 34.3 Å². The Balaban J connectivity index is 1.38. The summed E-state index contributed by atoms with van der Waals surface area (Å²) in [6, 6.07) is 15.3. The fourth-order valence-electron chi connectivity index (χ4n) is 6.82. The number of benzene rings is 2. The van der Waals surface area contributed by atoms with Gasteiger partial charge in [0.05, 0.1) is 22.1 Å². The summed E-state index contributed by atoms with van der Waals surface area (Å²) in [6.45, 7) is 2.10. The Hall–Kier alpha value is -3.02. The molecule has 0 aromatic heterocycles. The molecule has 2 atom stereocenters. The molecule has 4 saturated carbocycles. The number of amides is 1. The molecule has 1 amide bonds. The zero-order valence-corrected chi connectivity index (χ0v) is 17.7. The van der Waals surface area contributed by atoms with E-state index in [2.05, 4.69) is 41.7 Å². The Morgan fingerprint density at radius 3 is 2.45 bits per heavy atom. The monoisotopic (exact) mass is 417 g/mol. The molecule has 0 aliphatic heterocycles. The van der Waals surface area contributed by atoms with E-state index < -0.39 is 10.3 Å². The van der Waals surface area contributed by atoms with Gasteiger partial charge in [0, 0.05) is 6.07 Å². The van der Waals surface area contributed by atoms with Crippen molar-refractivity contribution < 1.29 is 9.72 Å². The average Bonchev–Trinajstić information content (AvgIpc) is 2.73. The first-order valence-corrected chi connectivity index (χ1v) is 11.0. The highest BCUT2D eigenvalue weighted by atomic mass is 16.6. The van der Waals surface area contributed by atoms with Gasteiger partial charge in [0.1, 0.15) is 0 Å². The quantitative estimate of drug-likeness (QED) is 0.427. The molecule has 0 spiro atoms. The molecule has 0 saturated heterocycles. The smallest absolute Gasteiger partial charge is 0.273 e. The van der Waals surface area contributed by atoms with Crippen molar-refractivity contribution in [3.63, 3.8) is 0 Å². The van der Waals surface area contributed by atoms with Gasteiger partial charge < -0.3 is 0 Å². The minimum Gasteiger partial charge on any atom is -0.273 e. The lowest BCUT2D eigenvalue weighted by Gasteiger charge is -2.61. The SMILES string of the molecule is Cc1ccc(C23C[C@H]4C[C@@H](CC(C(=O)N/N=C\c5ccccc5[N+](=O)[O-])(C4)C2)C3)cc1. The lowest BCUT2D eigenvalue weighted by Crippen LogP contribution is -2.58. The van der Waals surface area contributed by atoms with Crippen molar-refractivity contribution >= 4 is 17.8 Å². The van der Waals surface area contributed by atoms with E-state index in [-0.39, 0.29) is 17.0 Å². The Bertz CT molecular complexity index is 1050. The molecule has 6 nitrogen and oxygen atoms in total. The number of carbonyl (C=O) groups is 1. The number of hydrogen-bond donors (Lipinski definition) is 1. The van der Waals surface area contributed by atoms with Gasteiger partial charge >= 0.3 is 0 Å². The highest BCUT2D eigenvalue weighted by Crippen LogP contribution is 2.65. The first kappa shape index (κ1) is 19.9. The van der Waals surface area contributed by atoms with E-state index in [0.717, 1.165) is 19.3 Å². The van der Waals surface area contributed by atoms with Crippen LogP contribution in [0.2, 0.25) is 0 Å². The van der Waals surface area contributed by atoms with Gasteiger partial charge in [-0.2, -0.15) is 5.10 Å². The standard InChI is InChI=1S/C25H27N3O3/c1-17-6-8-21(9-7-17)24-11-18-10-19(12-24)14-25(13-18,16-24)23(29)27-26-15-20-4-2-3-5-22(20)28(30)31/h2-9,15,18-19H,10-14,16H2,1H3,(H,27,29)/b26-15-/t18-,19-,24?,25?/m1/s1. The van der Waals surface area contributed by atoms with Crippen molar-refractivity contribution in [2.75, 3.05) is 0 Å². The van der Waals surface area contributed by atoms with Gasteiger partial charge in [-0.3, -0.25) is 14.9 Å². The number of nitro groups is 1. The van der Waals surface area contributed by atoms with E-state index in [0.29, 0.717) is 17.4 Å². The summed E-state index contributed by atoms with van der Waals surface area (Å²) in [7, 11) is 0. The molecular formula is C25H27N3O3. The lowest BCUT2D eigenvalue weighted by atomic mass is 9.42. The molecule has 160 valence electrons. The molecular weight excluding hydrogens is 390 g/mol. The van der Waals surface area contributed by atoms with Gasteiger partial charge in [-0.1, -0.05) is 42.0 Å². The summed E-state index contributed by atoms with van der Waals surface area (Å²) < 4.78 is 0. The minimum atomic E-state index is -0.437. The molecule has 1 N–H and O–H groups in total. The number of nitrogens with zero attached hydrogens (tertiary/aromatic N) is 2. The third kappa shape index (κ3) is 3.44. The molecule has 6 heteroatoms. The number of rotatable bonds is 5. The van der Waals surface area contributed by atoms with Crippen LogP contribution < -0.4 is 5.43 Å². The van der Waals surface area contributed by atoms with Crippen molar-refractivity contribution in [3.05, 3.63) is 75.3 Å². The van der Waals surface area contributed by atoms with Crippen LogP contribution in [0.4, 0.5) is 5.69 Å². The third-order valence-corrected chi connectivity index (χ3v) is 7.71. The van der Waals surface area contributed by atoms with Crippen LogP contribution in [0.5, 0.6) is 0 Å². The number of aryl methyl sites for hydroxylation is 1. The van der Waals surface area contributed by atoms with Gasteiger partial charge in [-0.05, 0) is 74.3 Å². The summed E-state index contributed by atoms with van der Waals surface area (Å²) in [5.74, 6) is 1.12. The number of para-hydroxylation sites is 1. The van der Waals surface area contributed by atoms with Crippen molar-refractivity contribution in [1.29, 1.82) is 0 Å². The summed E-state index contributed by atoms with van der Waals surface area (Å²) >= 11 is 0. The number of nitro benzene ring substituents is 1. The van der Waals surface area contributed by atoms with E-state index >= 15 is 0 Å². The lowest BCUT2D eigenvalue weighted by molar-refractivity contribution is -0.385. The molecule has 6 rings (SSSR count). The zero-order chi connectivity index (χ0) is 21.6. The van der Waals surface area contributed by atoms with E-state index in [4.69, 9.17) is 0 Å². The first-order valence-electron chi connectivity index (χ1n) is 11.0. The van der Waals surface area contributed by atoms with E-state index in [9.17, 15) is 14.9 Å². The Morgan fingerprint density at radius 2 is 1.77 bits per heavy atom. The summed E-state index contributed by atoms with van der Waals surface area (Å²) in [5, 5.41) is 15.3. The van der Waals surface area contributed by atoms with Crippen LogP contribution in [0.3, 0.4) is 0 Å². The number of carbonyl (C=O) groups excluding carboxylic acids is 1. The van der Waals surface area contributed by atoms with Gasteiger partial charge in [-0.15, -0.1) is 0 Å². The summed E-state index contributed by atoms with van der Waals surface area (Å²) in [4.78, 5) is 24.1. The molecule has 4 fully saturated rings. The van der Waals surface area contributed by atoms with E-state index in [1.165, 1.54) is 42.7 Å². The molecule has 0 radical (unpaired) electrons. The Labute approximate surface area is 181 Å². The molecule has 2 aromatic rings. The third-order valence-electron chi connectivity index (χ3n) is 7.71. The predicted molar refractivity (Wildman–Crippen MR) is 119 cm³/mol. The van der Waals surface area contributed by atoms with Crippen LogP contribution in [0.1, 0.15) is 55.2 Å². The first-order chi connectivity index (χ1) is 14.9. The fraction of sp³-hybridized carbons (Fsp3) is 0.440. The maximum atomic E-state index is 13.4. The van der Waals surface area contributed by atoms with Crippen LogP contribution in [-0.2, 0) is 10.2 Å². The molecule has 0 heterocycles. The van der Waals surface area contributed by atoms with Crippen LogP contribution in [0.25, 0.3) is 0 Å². The molecule has 2 aromatic carbocycles. The molecule has 0 unspecified atom stereocenters. The Morgan fingerprint density at radius 1 is 1.10 bits per heavy atom. The normalized spacial score (nSPS) is 31.1. The molecule has 31 heavy (non-hydrogen) atoms. The number of nitrogens with one attached hydrogen (secondary N) is 1. The maximum absolute atomic E-state index is 13.4. The largest absolute Gasteiger partial charge is 0.278 e. The second-order valence-electron chi connectivity index (χ2n) is 9.90. The van der Waals surface area contributed by atoms with Crippen molar-refractivity contribution in [2.45, 2.75) is 50.9 Å². The topological polar surface area (TPSA) is 84.6 Å². The molecule has 4 aliphatic carbocycles. The number of hydrazone groups is 1. The average molecular weight is 418 g/mol. The van der Waals surface area contributed by atoms with Crippen molar-refractivity contribution in [2.24, 2.45) is 22.4 Å². The highest BCUT2D eigenvalue weighted by molar-refractivity contribution is 5.88. The second kappa shape index (κ2) is 7.29. The van der Waals surface area contributed by atoms with E-state index in [1.807, 2.05) is 0 Å². The van der Waals surface area contributed by atoms with Crippen molar-refractivity contribution in [1.82, 2.24) is 5.43 Å². The molecule has 4 bridgehead atoms. The second-order valence-corrected chi connectivity index (χ2v) is 9.90. The maximum Gasteiger partial charge on any atom is 0.278 e. The van der Waals surface area contributed by atoms with Gasteiger partial charge in [-0.25, -0.2) is 5.43 Å². The van der Waals surface area contributed by atoms with Gasteiger partial charge in [0.2, 0.25) is 5.91 Å². The fourth-order valence-corrected chi connectivity index (χ4v) is 6.82. The summed E-state index contributed by atoms with van der Waals surface area (Å²) in [5.41, 5.74) is 5.41. The summed E-state index contributed by atoms with van der Waals surface area (Å²) in [6.07, 6.45) is 7.65. The van der Waals surface area contributed by atoms with Crippen LogP contribution >= 0.6 is 0 Å². The van der Waals surface area contributed by atoms with Gasteiger partial charge in [0.25, 0.3) is 5.69 Å². The van der Waals surface area contributed by atoms with Crippen LogP contribution in [0.15, 0.2) is 53.6 Å². The van der Waals surface area contributed by atoms with Crippen molar-refractivity contribution in [3.8, 4) is 0 Å².